The molecular weight excluding hydrogens is 198 g/mol. The van der Waals surface area contributed by atoms with Crippen LogP contribution in [0, 0.1) is 5.21 Å². The SMILES string of the molecule is C=C(C(=O)OC)c1ccc(N([O-])O)cc1. The monoisotopic (exact) mass is 208 g/mol. The maximum Gasteiger partial charge on any atom is 0.337 e. The van der Waals surface area contributed by atoms with Gasteiger partial charge in [0, 0.05) is 0 Å². The maximum absolute atomic E-state index is 11.1. The number of methoxy groups -OCH3 is 1. The minimum absolute atomic E-state index is 0.0800. The number of benzene rings is 1. The second-order valence-electron chi connectivity index (χ2n) is 2.79. The van der Waals surface area contributed by atoms with E-state index in [1.165, 1.54) is 31.4 Å². The zero-order chi connectivity index (χ0) is 11.4. The number of esters is 1. The molecule has 0 spiro atoms. The summed E-state index contributed by atoms with van der Waals surface area (Å²) >= 11 is 0. The van der Waals surface area contributed by atoms with Gasteiger partial charge in [-0.3, -0.25) is 5.21 Å². The Morgan fingerprint density at radius 2 is 2.00 bits per heavy atom. The molecule has 0 aromatic heterocycles. The number of carbonyl (C=O) groups is 1. The molecule has 0 aliphatic carbocycles. The van der Waals surface area contributed by atoms with Crippen LogP contribution in [-0.4, -0.2) is 18.3 Å². The smallest absolute Gasteiger partial charge is 0.337 e. The lowest BCUT2D eigenvalue weighted by molar-refractivity contribution is -0.133. The van der Waals surface area contributed by atoms with Gasteiger partial charge in [0.15, 0.2) is 0 Å². The minimum Gasteiger partial charge on any atom is -0.733 e. The summed E-state index contributed by atoms with van der Waals surface area (Å²) in [6.45, 7) is 3.54. The Morgan fingerprint density at radius 1 is 1.47 bits per heavy atom. The topological polar surface area (TPSA) is 72.8 Å². The molecule has 1 N–H and O–H groups in total. The van der Waals surface area contributed by atoms with Crippen LogP contribution in [0.2, 0.25) is 0 Å². The molecule has 0 aliphatic heterocycles. The fourth-order valence-electron chi connectivity index (χ4n) is 1.03. The van der Waals surface area contributed by atoms with Gasteiger partial charge in [-0.25, -0.2) is 4.79 Å². The number of hydrogen-bond acceptors (Lipinski definition) is 5. The van der Waals surface area contributed by atoms with Crippen molar-refractivity contribution in [3.8, 4) is 0 Å². The zero-order valence-corrected chi connectivity index (χ0v) is 8.14. The summed E-state index contributed by atoms with van der Waals surface area (Å²) in [5.41, 5.74) is 0.809. The van der Waals surface area contributed by atoms with E-state index in [9.17, 15) is 10.0 Å². The number of ether oxygens (including phenoxy) is 1. The summed E-state index contributed by atoms with van der Waals surface area (Å²) in [5, 5.41) is 18.8. The highest BCUT2D eigenvalue weighted by Gasteiger charge is 2.08. The molecule has 0 saturated carbocycles. The van der Waals surface area contributed by atoms with E-state index in [0.717, 1.165) is 0 Å². The zero-order valence-electron chi connectivity index (χ0n) is 8.14. The van der Waals surface area contributed by atoms with Crippen LogP contribution in [0.4, 0.5) is 5.69 Å². The first-order valence-corrected chi connectivity index (χ1v) is 4.10. The van der Waals surface area contributed by atoms with Crippen molar-refractivity contribution in [3.05, 3.63) is 41.6 Å². The van der Waals surface area contributed by atoms with Crippen LogP contribution in [0.3, 0.4) is 0 Å². The Kier molecular flexibility index (Phi) is 3.43. The van der Waals surface area contributed by atoms with Crippen molar-refractivity contribution < 1.29 is 14.7 Å². The Balaban J connectivity index is 2.89. The van der Waals surface area contributed by atoms with Crippen molar-refractivity contribution in [1.29, 1.82) is 0 Å². The molecule has 1 rings (SSSR count). The first-order valence-electron chi connectivity index (χ1n) is 4.10. The molecule has 1 aromatic carbocycles. The number of rotatable bonds is 3. The second-order valence-corrected chi connectivity index (χ2v) is 2.79. The van der Waals surface area contributed by atoms with Crippen molar-refractivity contribution in [2.24, 2.45) is 0 Å². The number of nitrogens with zero attached hydrogens (tertiary/aromatic N) is 1. The van der Waals surface area contributed by atoms with Gasteiger partial charge < -0.3 is 15.2 Å². The van der Waals surface area contributed by atoms with E-state index in [2.05, 4.69) is 11.3 Å². The van der Waals surface area contributed by atoms with Gasteiger partial charge in [-0.2, -0.15) is 0 Å². The lowest BCUT2D eigenvalue weighted by atomic mass is 10.1. The molecular formula is C10H10NO4-. The molecule has 0 saturated heterocycles. The molecule has 15 heavy (non-hydrogen) atoms. The number of carbonyl (C=O) groups excluding carboxylic acids is 1. The fraction of sp³-hybridized carbons (Fsp3) is 0.100. The summed E-state index contributed by atoms with van der Waals surface area (Å²) in [4.78, 5) is 11.1. The van der Waals surface area contributed by atoms with Crippen LogP contribution in [-0.2, 0) is 9.53 Å². The van der Waals surface area contributed by atoms with E-state index < -0.39 is 5.97 Å². The Bertz CT molecular complexity index is 370. The van der Waals surface area contributed by atoms with Crippen LogP contribution >= 0.6 is 0 Å². The van der Waals surface area contributed by atoms with Gasteiger partial charge in [-0.1, -0.05) is 18.7 Å². The molecule has 5 heteroatoms. The third-order valence-electron chi connectivity index (χ3n) is 1.87. The van der Waals surface area contributed by atoms with Gasteiger partial charge in [-0.05, 0) is 17.7 Å². The van der Waals surface area contributed by atoms with Crippen molar-refractivity contribution >= 4 is 17.2 Å². The summed E-state index contributed by atoms with van der Waals surface area (Å²) in [5.74, 6) is -0.536. The Labute approximate surface area is 86.7 Å². The fourth-order valence-corrected chi connectivity index (χ4v) is 1.03. The highest BCUT2D eigenvalue weighted by atomic mass is 16.8. The number of hydrogen-bond donors (Lipinski definition) is 1. The highest BCUT2D eigenvalue weighted by molar-refractivity contribution is 6.15. The molecule has 0 fully saturated rings. The summed E-state index contributed by atoms with van der Waals surface area (Å²) < 4.78 is 4.48. The van der Waals surface area contributed by atoms with Gasteiger partial charge in [0.1, 0.15) is 0 Å². The van der Waals surface area contributed by atoms with Crippen molar-refractivity contribution in [2.75, 3.05) is 12.3 Å². The predicted octanol–water partition coefficient (Wildman–Crippen LogP) is 1.57. The summed E-state index contributed by atoms with van der Waals surface area (Å²) in [6, 6.07) is 5.73. The lowest BCUT2D eigenvalue weighted by Crippen LogP contribution is -2.07. The summed E-state index contributed by atoms with van der Waals surface area (Å²) in [6.07, 6.45) is 0. The summed E-state index contributed by atoms with van der Waals surface area (Å²) in [7, 11) is 1.26. The third kappa shape index (κ3) is 2.55. The average molecular weight is 208 g/mol. The molecule has 0 heterocycles. The van der Waals surface area contributed by atoms with E-state index in [1.807, 2.05) is 0 Å². The Morgan fingerprint density at radius 3 is 2.40 bits per heavy atom. The highest BCUT2D eigenvalue weighted by Crippen LogP contribution is 2.18. The Hall–Kier alpha value is -1.85. The quantitative estimate of drug-likeness (QED) is 0.463. The number of anilines is 1. The van der Waals surface area contributed by atoms with Gasteiger partial charge in [0.25, 0.3) is 0 Å². The van der Waals surface area contributed by atoms with Crippen molar-refractivity contribution in [1.82, 2.24) is 0 Å². The van der Waals surface area contributed by atoms with Crippen molar-refractivity contribution in [2.45, 2.75) is 0 Å². The van der Waals surface area contributed by atoms with Crippen LogP contribution < -0.4 is 5.23 Å². The van der Waals surface area contributed by atoms with Crippen LogP contribution in [0.5, 0.6) is 0 Å². The first kappa shape index (κ1) is 11.2. The van der Waals surface area contributed by atoms with Crippen LogP contribution in [0.1, 0.15) is 5.56 Å². The van der Waals surface area contributed by atoms with Crippen molar-refractivity contribution in [3.63, 3.8) is 0 Å². The minimum atomic E-state index is -0.536. The molecule has 0 radical (unpaired) electrons. The standard InChI is InChI=1S/C10H10NO4/c1-7(10(12)15-2)8-3-5-9(6-4-8)11(13)14/h3-6,13H,1H2,2H3/q-1. The van der Waals surface area contributed by atoms with Gasteiger partial charge >= 0.3 is 5.97 Å². The molecule has 0 unspecified atom stereocenters. The normalized spacial score (nSPS) is 9.53. The average Bonchev–Trinajstić information content (AvgIpc) is 2.27. The van der Waals surface area contributed by atoms with Gasteiger partial charge in [0.2, 0.25) is 0 Å². The molecule has 1 aromatic rings. The largest absolute Gasteiger partial charge is 0.733 e. The molecule has 5 nitrogen and oxygen atoms in total. The lowest BCUT2D eigenvalue weighted by Gasteiger charge is -2.21. The maximum atomic E-state index is 11.1. The van der Waals surface area contributed by atoms with E-state index in [-0.39, 0.29) is 16.5 Å². The molecule has 0 bridgehead atoms. The van der Waals surface area contributed by atoms with E-state index in [0.29, 0.717) is 5.56 Å². The molecule has 0 aliphatic rings. The molecule has 80 valence electrons. The van der Waals surface area contributed by atoms with Crippen LogP contribution in [0.15, 0.2) is 30.8 Å². The second kappa shape index (κ2) is 4.59. The molecule has 0 amide bonds. The van der Waals surface area contributed by atoms with Gasteiger partial charge in [0.05, 0.1) is 18.4 Å². The van der Waals surface area contributed by atoms with Gasteiger partial charge in [-0.15, -0.1) is 0 Å². The molecule has 0 atom stereocenters. The van der Waals surface area contributed by atoms with E-state index in [1.54, 1.807) is 0 Å². The van der Waals surface area contributed by atoms with E-state index in [4.69, 9.17) is 5.21 Å². The first-order chi connectivity index (χ1) is 7.06. The van der Waals surface area contributed by atoms with E-state index >= 15 is 0 Å². The van der Waals surface area contributed by atoms with Crippen LogP contribution in [0.25, 0.3) is 5.57 Å². The predicted molar refractivity (Wildman–Crippen MR) is 55.1 cm³/mol. The third-order valence-corrected chi connectivity index (χ3v) is 1.87.